The average molecular weight is 238 g/mol. The van der Waals surface area contributed by atoms with Gasteiger partial charge < -0.3 is 5.11 Å². The molecule has 3 heteroatoms. The zero-order valence-corrected chi connectivity index (χ0v) is 11.8. The summed E-state index contributed by atoms with van der Waals surface area (Å²) in [4.78, 5) is 0. The van der Waals surface area contributed by atoms with Crippen molar-refractivity contribution >= 4 is 0 Å². The Balaban J connectivity index is 3.03. The summed E-state index contributed by atoms with van der Waals surface area (Å²) in [5.41, 5.74) is 1.86. The molecule has 1 aromatic heterocycles. The van der Waals surface area contributed by atoms with Gasteiger partial charge >= 0.3 is 0 Å². The van der Waals surface area contributed by atoms with Crippen LogP contribution in [0.4, 0.5) is 0 Å². The minimum absolute atomic E-state index is 0.281. The molecule has 17 heavy (non-hydrogen) atoms. The van der Waals surface area contributed by atoms with Gasteiger partial charge in [0.05, 0.1) is 5.69 Å². The zero-order valence-electron chi connectivity index (χ0n) is 11.8. The van der Waals surface area contributed by atoms with Crippen LogP contribution in [-0.4, -0.2) is 14.9 Å². The molecule has 0 aromatic carbocycles. The second-order valence-electron chi connectivity index (χ2n) is 5.51. The van der Waals surface area contributed by atoms with Crippen LogP contribution in [0.1, 0.15) is 64.8 Å². The number of nitrogens with zero attached hydrogens (tertiary/aromatic N) is 2. The summed E-state index contributed by atoms with van der Waals surface area (Å²) in [6.45, 7) is 11.6. The first-order valence-corrected chi connectivity index (χ1v) is 6.75. The number of hydrogen-bond donors (Lipinski definition) is 1. The molecule has 1 rings (SSSR count). The monoisotopic (exact) mass is 238 g/mol. The summed E-state index contributed by atoms with van der Waals surface area (Å²) >= 11 is 0. The fraction of sp³-hybridized carbons (Fsp3) is 0.786. The maximum absolute atomic E-state index is 10.2. The smallest absolute Gasteiger partial charge is 0.160 e. The number of aromatic hydroxyl groups is 1. The van der Waals surface area contributed by atoms with Crippen molar-refractivity contribution < 1.29 is 5.11 Å². The second-order valence-corrected chi connectivity index (χ2v) is 5.51. The van der Waals surface area contributed by atoms with Gasteiger partial charge in [0, 0.05) is 12.5 Å². The normalized spacial score (nSPS) is 11.7. The molecule has 0 saturated heterocycles. The van der Waals surface area contributed by atoms with E-state index in [1.807, 2.05) is 4.68 Å². The highest BCUT2D eigenvalue weighted by Crippen LogP contribution is 2.30. The van der Waals surface area contributed by atoms with Gasteiger partial charge in [0.2, 0.25) is 0 Å². The zero-order chi connectivity index (χ0) is 13.0. The fourth-order valence-electron chi connectivity index (χ4n) is 1.98. The van der Waals surface area contributed by atoms with E-state index in [2.05, 4.69) is 39.7 Å². The Hall–Kier alpha value is -0.990. The molecule has 0 unspecified atom stereocenters. The summed E-state index contributed by atoms with van der Waals surface area (Å²) in [5, 5.41) is 14.8. The Labute approximate surface area is 105 Å². The standard InChI is InChI=1S/C14H26N2O/c1-6-7-8-16-12(9-10(2)3)14(17)13(15-16)11(4)5/h10-11,17H,6-9H2,1-5H3. The number of rotatable bonds is 6. The lowest BCUT2D eigenvalue weighted by Crippen LogP contribution is -2.08. The van der Waals surface area contributed by atoms with Crippen LogP contribution in [0.15, 0.2) is 0 Å². The first-order valence-electron chi connectivity index (χ1n) is 6.75. The summed E-state index contributed by atoms with van der Waals surface area (Å²) in [6, 6.07) is 0. The van der Waals surface area contributed by atoms with Gasteiger partial charge in [-0.25, -0.2) is 0 Å². The topological polar surface area (TPSA) is 38.0 Å². The van der Waals surface area contributed by atoms with Crippen LogP contribution in [0.5, 0.6) is 5.75 Å². The van der Waals surface area contributed by atoms with E-state index < -0.39 is 0 Å². The highest BCUT2D eigenvalue weighted by atomic mass is 16.3. The number of aromatic nitrogens is 2. The Bertz CT molecular complexity index is 353. The molecule has 0 bridgehead atoms. The number of aryl methyl sites for hydroxylation is 1. The van der Waals surface area contributed by atoms with E-state index in [0.717, 1.165) is 37.2 Å². The number of unbranched alkanes of at least 4 members (excludes halogenated alkanes) is 1. The summed E-state index contributed by atoms with van der Waals surface area (Å²) < 4.78 is 2.01. The molecule has 0 aliphatic heterocycles. The van der Waals surface area contributed by atoms with Crippen LogP contribution >= 0.6 is 0 Å². The Kier molecular flexibility index (Phi) is 5.03. The Morgan fingerprint density at radius 2 is 1.88 bits per heavy atom. The highest BCUT2D eigenvalue weighted by molar-refractivity contribution is 5.34. The van der Waals surface area contributed by atoms with E-state index in [1.54, 1.807) is 0 Å². The SMILES string of the molecule is CCCCn1nc(C(C)C)c(O)c1CC(C)C. The van der Waals surface area contributed by atoms with Gasteiger partial charge in [0.25, 0.3) is 0 Å². The third-order valence-corrected chi connectivity index (χ3v) is 2.93. The van der Waals surface area contributed by atoms with Crippen molar-refractivity contribution in [3.8, 4) is 5.75 Å². The predicted octanol–water partition coefficient (Wildman–Crippen LogP) is 3.71. The van der Waals surface area contributed by atoms with E-state index in [1.165, 1.54) is 0 Å². The highest BCUT2D eigenvalue weighted by Gasteiger charge is 2.19. The molecule has 0 aliphatic carbocycles. The largest absolute Gasteiger partial charge is 0.504 e. The maximum atomic E-state index is 10.2. The maximum Gasteiger partial charge on any atom is 0.160 e. The minimum Gasteiger partial charge on any atom is -0.504 e. The lowest BCUT2D eigenvalue weighted by Gasteiger charge is -2.09. The fourth-order valence-corrected chi connectivity index (χ4v) is 1.98. The average Bonchev–Trinajstić information content (AvgIpc) is 2.53. The van der Waals surface area contributed by atoms with E-state index in [4.69, 9.17) is 0 Å². The van der Waals surface area contributed by atoms with Crippen molar-refractivity contribution in [1.82, 2.24) is 9.78 Å². The van der Waals surface area contributed by atoms with Gasteiger partial charge in [-0.05, 0) is 18.8 Å². The molecule has 1 N–H and O–H groups in total. The molecule has 0 saturated carbocycles. The van der Waals surface area contributed by atoms with Gasteiger partial charge in [-0.2, -0.15) is 5.10 Å². The predicted molar refractivity (Wildman–Crippen MR) is 71.4 cm³/mol. The molecule has 3 nitrogen and oxygen atoms in total. The van der Waals surface area contributed by atoms with Crippen LogP contribution in [-0.2, 0) is 13.0 Å². The van der Waals surface area contributed by atoms with E-state index in [-0.39, 0.29) is 5.92 Å². The van der Waals surface area contributed by atoms with Gasteiger partial charge in [-0.3, -0.25) is 4.68 Å². The minimum atomic E-state index is 0.281. The lowest BCUT2D eigenvalue weighted by molar-refractivity contribution is 0.445. The third kappa shape index (κ3) is 3.48. The molecule has 0 fully saturated rings. The van der Waals surface area contributed by atoms with E-state index in [9.17, 15) is 5.11 Å². The lowest BCUT2D eigenvalue weighted by atomic mass is 10.0. The molecule has 0 amide bonds. The van der Waals surface area contributed by atoms with Crippen molar-refractivity contribution in [1.29, 1.82) is 0 Å². The van der Waals surface area contributed by atoms with E-state index in [0.29, 0.717) is 11.7 Å². The van der Waals surface area contributed by atoms with E-state index >= 15 is 0 Å². The van der Waals surface area contributed by atoms with Crippen LogP contribution in [0.2, 0.25) is 0 Å². The molecule has 0 aliphatic rings. The molecule has 0 atom stereocenters. The molecule has 98 valence electrons. The summed E-state index contributed by atoms with van der Waals surface area (Å²) in [5.74, 6) is 1.24. The van der Waals surface area contributed by atoms with Gasteiger partial charge in [0.15, 0.2) is 5.75 Å². The molecule has 0 radical (unpaired) electrons. The van der Waals surface area contributed by atoms with Crippen molar-refractivity contribution in [2.45, 2.75) is 66.3 Å². The van der Waals surface area contributed by atoms with Crippen molar-refractivity contribution in [3.05, 3.63) is 11.4 Å². The third-order valence-electron chi connectivity index (χ3n) is 2.93. The van der Waals surface area contributed by atoms with Gasteiger partial charge in [0.1, 0.15) is 5.69 Å². The van der Waals surface area contributed by atoms with Crippen LogP contribution in [0, 0.1) is 5.92 Å². The molecule has 1 aromatic rings. The molecule has 1 heterocycles. The summed E-state index contributed by atoms with van der Waals surface area (Å²) in [7, 11) is 0. The van der Waals surface area contributed by atoms with Crippen molar-refractivity contribution in [2.75, 3.05) is 0 Å². The molecule has 0 spiro atoms. The quantitative estimate of drug-likeness (QED) is 0.820. The Morgan fingerprint density at radius 3 is 2.35 bits per heavy atom. The van der Waals surface area contributed by atoms with Crippen molar-refractivity contribution in [3.63, 3.8) is 0 Å². The van der Waals surface area contributed by atoms with Crippen molar-refractivity contribution in [2.24, 2.45) is 5.92 Å². The molecular formula is C14H26N2O. The van der Waals surface area contributed by atoms with Crippen LogP contribution in [0.3, 0.4) is 0 Å². The number of hydrogen-bond acceptors (Lipinski definition) is 2. The van der Waals surface area contributed by atoms with Gasteiger partial charge in [-0.1, -0.05) is 41.0 Å². The first-order chi connectivity index (χ1) is 7.97. The Morgan fingerprint density at radius 1 is 1.24 bits per heavy atom. The first kappa shape index (κ1) is 14.1. The van der Waals surface area contributed by atoms with Crippen LogP contribution < -0.4 is 0 Å². The van der Waals surface area contributed by atoms with Gasteiger partial charge in [-0.15, -0.1) is 0 Å². The summed E-state index contributed by atoms with van der Waals surface area (Å²) in [6.07, 6.45) is 3.16. The molecular weight excluding hydrogens is 212 g/mol. The van der Waals surface area contributed by atoms with Crippen LogP contribution in [0.25, 0.3) is 0 Å². The second kappa shape index (κ2) is 6.08.